The Morgan fingerprint density at radius 2 is 1.89 bits per heavy atom. The smallest absolute Gasteiger partial charge is 0.246 e. The topological polar surface area (TPSA) is 69.2 Å². The lowest BCUT2D eigenvalue weighted by Crippen LogP contribution is -2.57. The number of nitrogens with zero attached hydrogens (tertiary/aromatic N) is 3. The zero-order chi connectivity index (χ0) is 19.3. The van der Waals surface area contributed by atoms with Gasteiger partial charge in [0.1, 0.15) is 0 Å². The highest BCUT2D eigenvalue weighted by atomic mass is 127. The Hall–Kier alpha value is -1.39. The summed E-state index contributed by atoms with van der Waals surface area (Å²) in [6, 6.07) is 8.10. The Balaban J connectivity index is 0.00000280. The number of ether oxygens (including phenoxy) is 1. The van der Waals surface area contributed by atoms with Crippen molar-refractivity contribution in [1.82, 2.24) is 15.5 Å². The van der Waals surface area contributed by atoms with Gasteiger partial charge in [-0.05, 0) is 31.9 Å². The molecule has 8 heteroatoms. The molecule has 1 aromatic rings. The average molecular weight is 501 g/mol. The van der Waals surface area contributed by atoms with Crippen molar-refractivity contribution in [3.05, 3.63) is 29.8 Å². The highest BCUT2D eigenvalue weighted by Crippen LogP contribution is 2.27. The van der Waals surface area contributed by atoms with Crippen LogP contribution in [0.2, 0.25) is 0 Å². The molecule has 7 nitrogen and oxygen atoms in total. The number of carbonyl (C=O) groups is 1. The molecule has 0 radical (unpaired) electrons. The third-order valence-corrected chi connectivity index (χ3v) is 5.37. The van der Waals surface area contributed by atoms with Crippen LogP contribution in [0, 0.1) is 0 Å². The van der Waals surface area contributed by atoms with Crippen molar-refractivity contribution < 1.29 is 9.53 Å². The third kappa shape index (κ3) is 5.57. The number of amides is 1. The summed E-state index contributed by atoms with van der Waals surface area (Å²) in [4.78, 5) is 21.2. The molecular weight excluding hydrogens is 469 g/mol. The van der Waals surface area contributed by atoms with Gasteiger partial charge in [-0.2, -0.15) is 0 Å². The standard InChI is InChI=1S/C20H31N5O2.HI/c1-20(2,24-10-12-27-13-11-24)15-23-19(21-3)22-14-18(26)25-9-8-16-6-4-5-7-17(16)25;/h4-7H,8-15H2,1-3H3,(H2,21,22,23);1H. The van der Waals surface area contributed by atoms with Crippen molar-refractivity contribution in [2.24, 2.45) is 4.99 Å². The van der Waals surface area contributed by atoms with Crippen LogP contribution in [0.1, 0.15) is 19.4 Å². The van der Waals surface area contributed by atoms with Gasteiger partial charge in [0, 0.05) is 44.5 Å². The summed E-state index contributed by atoms with van der Waals surface area (Å²) in [5, 5.41) is 6.51. The van der Waals surface area contributed by atoms with Crippen molar-refractivity contribution in [3.63, 3.8) is 0 Å². The number of carbonyl (C=O) groups excluding carboxylic acids is 1. The first-order chi connectivity index (χ1) is 13.0. The fourth-order valence-corrected chi connectivity index (χ4v) is 3.65. The Morgan fingerprint density at radius 1 is 1.18 bits per heavy atom. The molecular formula is C20H32IN5O2. The van der Waals surface area contributed by atoms with Crippen LogP contribution >= 0.6 is 24.0 Å². The second-order valence-corrected chi connectivity index (χ2v) is 7.62. The third-order valence-electron chi connectivity index (χ3n) is 5.37. The Bertz CT molecular complexity index is 689. The molecule has 0 bridgehead atoms. The van der Waals surface area contributed by atoms with E-state index in [1.807, 2.05) is 23.1 Å². The van der Waals surface area contributed by atoms with Gasteiger partial charge in [-0.15, -0.1) is 24.0 Å². The van der Waals surface area contributed by atoms with Crippen LogP contribution in [0.4, 0.5) is 5.69 Å². The molecule has 0 atom stereocenters. The summed E-state index contributed by atoms with van der Waals surface area (Å²) in [5.41, 5.74) is 2.25. The number of aliphatic imine (C=N–C) groups is 1. The van der Waals surface area contributed by atoms with Crippen LogP contribution in [-0.4, -0.2) is 75.3 Å². The molecule has 0 aliphatic carbocycles. The van der Waals surface area contributed by atoms with E-state index in [-0.39, 0.29) is 42.0 Å². The predicted molar refractivity (Wildman–Crippen MR) is 124 cm³/mol. The maximum absolute atomic E-state index is 12.6. The lowest BCUT2D eigenvalue weighted by atomic mass is 10.0. The molecule has 1 aromatic carbocycles. The van der Waals surface area contributed by atoms with E-state index < -0.39 is 0 Å². The van der Waals surface area contributed by atoms with Crippen LogP contribution in [0.25, 0.3) is 0 Å². The van der Waals surface area contributed by atoms with Crippen molar-refractivity contribution >= 4 is 41.5 Å². The Labute approximate surface area is 184 Å². The fourth-order valence-electron chi connectivity index (χ4n) is 3.65. The number of anilines is 1. The minimum Gasteiger partial charge on any atom is -0.379 e. The van der Waals surface area contributed by atoms with Gasteiger partial charge in [-0.25, -0.2) is 0 Å². The quantitative estimate of drug-likeness (QED) is 0.364. The zero-order valence-electron chi connectivity index (χ0n) is 17.0. The number of benzene rings is 1. The molecule has 2 heterocycles. The zero-order valence-corrected chi connectivity index (χ0v) is 19.4. The summed E-state index contributed by atoms with van der Waals surface area (Å²) < 4.78 is 5.44. The summed E-state index contributed by atoms with van der Waals surface area (Å²) in [6.45, 7) is 9.58. The lowest BCUT2D eigenvalue weighted by molar-refractivity contribution is -0.117. The molecule has 2 N–H and O–H groups in total. The molecule has 3 rings (SSSR count). The van der Waals surface area contributed by atoms with E-state index in [2.05, 4.69) is 40.4 Å². The molecule has 0 unspecified atom stereocenters. The maximum Gasteiger partial charge on any atom is 0.246 e. The molecule has 1 fully saturated rings. The van der Waals surface area contributed by atoms with Crippen LogP contribution < -0.4 is 15.5 Å². The largest absolute Gasteiger partial charge is 0.379 e. The fraction of sp³-hybridized carbons (Fsp3) is 0.600. The van der Waals surface area contributed by atoms with Gasteiger partial charge in [0.05, 0.1) is 19.8 Å². The highest BCUT2D eigenvalue weighted by molar-refractivity contribution is 14.0. The van der Waals surface area contributed by atoms with E-state index >= 15 is 0 Å². The van der Waals surface area contributed by atoms with E-state index in [9.17, 15) is 4.79 Å². The van der Waals surface area contributed by atoms with Gasteiger partial charge in [0.25, 0.3) is 0 Å². The molecule has 2 aliphatic rings. The molecule has 28 heavy (non-hydrogen) atoms. The van der Waals surface area contributed by atoms with Crippen LogP contribution in [-0.2, 0) is 16.0 Å². The number of fused-ring (bicyclic) bond motifs is 1. The second kappa shape index (κ2) is 10.4. The number of rotatable bonds is 5. The molecule has 156 valence electrons. The number of hydrogen-bond acceptors (Lipinski definition) is 4. The summed E-state index contributed by atoms with van der Waals surface area (Å²) in [5.74, 6) is 0.715. The second-order valence-electron chi connectivity index (χ2n) is 7.62. The first kappa shape index (κ1) is 22.9. The summed E-state index contributed by atoms with van der Waals surface area (Å²) in [7, 11) is 1.73. The van der Waals surface area contributed by atoms with Gasteiger partial charge in [-0.1, -0.05) is 18.2 Å². The lowest BCUT2D eigenvalue weighted by Gasteiger charge is -2.41. The van der Waals surface area contributed by atoms with Gasteiger partial charge >= 0.3 is 0 Å². The molecule has 0 saturated carbocycles. The number of hydrogen-bond donors (Lipinski definition) is 2. The van der Waals surface area contributed by atoms with Crippen molar-refractivity contribution in [2.75, 3.05) is 57.9 Å². The molecule has 0 spiro atoms. The molecule has 1 amide bonds. The summed E-state index contributed by atoms with van der Waals surface area (Å²) >= 11 is 0. The first-order valence-electron chi connectivity index (χ1n) is 9.67. The SMILES string of the molecule is CN=C(NCC(=O)N1CCc2ccccc21)NCC(C)(C)N1CCOCC1.I. The monoisotopic (exact) mass is 501 g/mol. The molecule has 2 aliphatic heterocycles. The van der Waals surface area contributed by atoms with E-state index in [1.165, 1.54) is 5.56 Å². The Morgan fingerprint density at radius 3 is 2.61 bits per heavy atom. The van der Waals surface area contributed by atoms with E-state index in [0.717, 1.165) is 51.5 Å². The van der Waals surface area contributed by atoms with Gasteiger partial charge in [0.2, 0.25) is 5.91 Å². The van der Waals surface area contributed by atoms with Crippen molar-refractivity contribution in [3.8, 4) is 0 Å². The predicted octanol–water partition coefficient (Wildman–Crippen LogP) is 1.47. The number of morpholine rings is 1. The minimum atomic E-state index is -0.0146. The number of nitrogens with one attached hydrogen (secondary N) is 2. The van der Waals surface area contributed by atoms with E-state index in [4.69, 9.17) is 4.74 Å². The maximum atomic E-state index is 12.6. The number of para-hydroxylation sites is 1. The minimum absolute atomic E-state index is 0. The molecule has 0 aromatic heterocycles. The first-order valence-corrected chi connectivity index (χ1v) is 9.67. The van der Waals surface area contributed by atoms with Gasteiger partial charge < -0.3 is 20.3 Å². The van der Waals surface area contributed by atoms with Gasteiger partial charge in [0.15, 0.2) is 5.96 Å². The summed E-state index contributed by atoms with van der Waals surface area (Å²) in [6.07, 6.45) is 0.919. The average Bonchev–Trinajstić information content (AvgIpc) is 3.13. The van der Waals surface area contributed by atoms with Crippen LogP contribution in [0.5, 0.6) is 0 Å². The number of guanidine groups is 1. The normalized spacial score (nSPS) is 17.7. The van der Waals surface area contributed by atoms with Crippen molar-refractivity contribution in [2.45, 2.75) is 25.8 Å². The van der Waals surface area contributed by atoms with E-state index in [1.54, 1.807) is 7.05 Å². The number of halogens is 1. The molecule has 1 saturated heterocycles. The highest BCUT2D eigenvalue weighted by Gasteiger charge is 2.28. The van der Waals surface area contributed by atoms with Crippen LogP contribution in [0.3, 0.4) is 0 Å². The van der Waals surface area contributed by atoms with Gasteiger partial charge in [-0.3, -0.25) is 14.7 Å². The van der Waals surface area contributed by atoms with E-state index in [0.29, 0.717) is 5.96 Å². The van der Waals surface area contributed by atoms with Crippen LogP contribution in [0.15, 0.2) is 29.3 Å². The Kier molecular flexibility index (Phi) is 8.51. The van der Waals surface area contributed by atoms with Crippen molar-refractivity contribution in [1.29, 1.82) is 0 Å².